The zero-order valence-electron chi connectivity index (χ0n) is 10.8. The monoisotopic (exact) mass is 269 g/mol. The van der Waals surface area contributed by atoms with Crippen LogP contribution in [0.3, 0.4) is 0 Å². The first kappa shape index (κ1) is 13.0. The van der Waals surface area contributed by atoms with E-state index in [2.05, 4.69) is 4.98 Å². The van der Waals surface area contributed by atoms with Crippen LogP contribution in [0.4, 0.5) is 0 Å². The number of pyridine rings is 1. The summed E-state index contributed by atoms with van der Waals surface area (Å²) in [6, 6.07) is 1.63. The maximum absolute atomic E-state index is 12.3. The van der Waals surface area contributed by atoms with E-state index in [1.165, 1.54) is 12.4 Å². The number of rotatable bonds is 2. The normalized spacial score (nSPS) is 26.1. The lowest BCUT2D eigenvalue weighted by atomic mass is 9.90. The van der Waals surface area contributed by atoms with Crippen molar-refractivity contribution in [3.05, 3.63) is 65.5 Å². The molecular formula is C16H15NO3. The van der Waals surface area contributed by atoms with Crippen LogP contribution in [-0.2, 0) is 0 Å². The molecule has 3 atom stereocenters. The van der Waals surface area contributed by atoms with E-state index >= 15 is 0 Å². The van der Waals surface area contributed by atoms with Crippen molar-refractivity contribution in [2.45, 2.75) is 18.6 Å². The molecule has 2 N–H and O–H groups in total. The summed E-state index contributed by atoms with van der Waals surface area (Å²) in [5.41, 5.74) is 1.58. The molecule has 2 aliphatic rings. The number of aliphatic hydroxyl groups is 2. The van der Waals surface area contributed by atoms with E-state index in [1.54, 1.807) is 18.2 Å². The third-order valence-electron chi connectivity index (χ3n) is 3.77. The van der Waals surface area contributed by atoms with Gasteiger partial charge in [-0.25, -0.2) is 0 Å². The van der Waals surface area contributed by atoms with E-state index in [9.17, 15) is 15.0 Å². The van der Waals surface area contributed by atoms with Crippen LogP contribution >= 0.6 is 0 Å². The van der Waals surface area contributed by atoms with Crippen molar-refractivity contribution in [2.75, 3.05) is 0 Å². The van der Waals surface area contributed by atoms with Crippen LogP contribution < -0.4 is 0 Å². The summed E-state index contributed by atoms with van der Waals surface area (Å²) in [6.07, 6.45) is 11.1. The Morgan fingerprint density at radius 3 is 3.00 bits per heavy atom. The molecule has 20 heavy (non-hydrogen) atoms. The van der Waals surface area contributed by atoms with Gasteiger partial charge in [-0.2, -0.15) is 0 Å². The van der Waals surface area contributed by atoms with Crippen molar-refractivity contribution in [2.24, 2.45) is 5.92 Å². The molecule has 0 saturated carbocycles. The lowest BCUT2D eigenvalue weighted by Crippen LogP contribution is -2.29. The molecule has 4 nitrogen and oxygen atoms in total. The van der Waals surface area contributed by atoms with Gasteiger partial charge in [-0.3, -0.25) is 9.78 Å². The number of hydrogen-bond acceptors (Lipinski definition) is 4. The number of carbonyl (C=O) groups is 1. The van der Waals surface area contributed by atoms with Gasteiger partial charge < -0.3 is 10.2 Å². The Balaban J connectivity index is 1.94. The summed E-state index contributed by atoms with van der Waals surface area (Å²) in [7, 11) is 0. The van der Waals surface area contributed by atoms with E-state index in [0.717, 1.165) is 6.42 Å². The molecule has 3 rings (SSSR count). The van der Waals surface area contributed by atoms with Crippen LogP contribution in [0.25, 0.3) is 0 Å². The van der Waals surface area contributed by atoms with Gasteiger partial charge in [0.1, 0.15) is 0 Å². The van der Waals surface area contributed by atoms with Crippen molar-refractivity contribution < 1.29 is 15.0 Å². The van der Waals surface area contributed by atoms with Crippen LogP contribution in [0.15, 0.2) is 54.4 Å². The van der Waals surface area contributed by atoms with Gasteiger partial charge in [0.15, 0.2) is 5.78 Å². The van der Waals surface area contributed by atoms with Gasteiger partial charge in [-0.05, 0) is 23.6 Å². The Kier molecular flexibility index (Phi) is 3.34. The van der Waals surface area contributed by atoms with Gasteiger partial charge in [0.05, 0.1) is 18.1 Å². The molecule has 1 aromatic rings. The highest BCUT2D eigenvalue weighted by Crippen LogP contribution is 2.39. The molecule has 0 bridgehead atoms. The third kappa shape index (κ3) is 2.03. The van der Waals surface area contributed by atoms with Crippen molar-refractivity contribution in [1.82, 2.24) is 4.98 Å². The molecule has 0 amide bonds. The molecule has 2 aliphatic carbocycles. The summed E-state index contributed by atoms with van der Waals surface area (Å²) in [6.45, 7) is 0. The summed E-state index contributed by atoms with van der Waals surface area (Å²) < 4.78 is 0. The molecule has 3 unspecified atom stereocenters. The van der Waals surface area contributed by atoms with E-state index < -0.39 is 18.1 Å². The topological polar surface area (TPSA) is 70.4 Å². The fraction of sp³-hybridized carbons (Fsp3) is 0.250. The number of carbonyl (C=O) groups excluding carboxylic acids is 1. The van der Waals surface area contributed by atoms with Gasteiger partial charge in [0.25, 0.3) is 0 Å². The van der Waals surface area contributed by atoms with E-state index in [4.69, 9.17) is 0 Å². The van der Waals surface area contributed by atoms with E-state index in [0.29, 0.717) is 16.7 Å². The molecule has 1 heterocycles. The minimum absolute atomic E-state index is 0.254. The van der Waals surface area contributed by atoms with Gasteiger partial charge >= 0.3 is 0 Å². The van der Waals surface area contributed by atoms with Gasteiger partial charge in [-0.1, -0.05) is 30.4 Å². The summed E-state index contributed by atoms with van der Waals surface area (Å²) >= 11 is 0. The first-order valence-electron chi connectivity index (χ1n) is 6.57. The average Bonchev–Trinajstić information content (AvgIpc) is 2.68. The van der Waals surface area contributed by atoms with Crippen LogP contribution in [0.1, 0.15) is 28.4 Å². The van der Waals surface area contributed by atoms with Crippen molar-refractivity contribution in [1.29, 1.82) is 0 Å². The predicted octanol–water partition coefficient (Wildman–Crippen LogP) is 1.73. The first-order chi connectivity index (χ1) is 9.70. The van der Waals surface area contributed by atoms with Crippen molar-refractivity contribution in [3.63, 3.8) is 0 Å². The average molecular weight is 269 g/mol. The van der Waals surface area contributed by atoms with Crippen LogP contribution in [-0.4, -0.2) is 27.1 Å². The quantitative estimate of drug-likeness (QED) is 0.857. The van der Waals surface area contributed by atoms with Crippen LogP contribution in [0.2, 0.25) is 0 Å². The first-order valence-corrected chi connectivity index (χ1v) is 6.57. The summed E-state index contributed by atoms with van der Waals surface area (Å²) in [5.74, 6) is -1.12. The Labute approximate surface area is 116 Å². The standard InChI is InChI=1S/C16H15NO3/c18-14(10-5-3-1-2-4-6-10)13-15(19)11-7-8-17-9-12(11)16(13)20/h1,3-9,13-15,18-19H,2H2. The Morgan fingerprint density at radius 2 is 2.20 bits per heavy atom. The number of hydrogen-bond donors (Lipinski definition) is 2. The molecular weight excluding hydrogens is 254 g/mol. The molecule has 102 valence electrons. The molecule has 1 aromatic heterocycles. The second-order valence-corrected chi connectivity index (χ2v) is 4.98. The second-order valence-electron chi connectivity index (χ2n) is 4.98. The largest absolute Gasteiger partial charge is 0.388 e. The van der Waals surface area contributed by atoms with Crippen molar-refractivity contribution in [3.8, 4) is 0 Å². The van der Waals surface area contributed by atoms with Gasteiger partial charge in [-0.15, -0.1) is 0 Å². The number of fused-ring (bicyclic) bond motifs is 1. The second kappa shape index (κ2) is 5.15. The Morgan fingerprint density at radius 1 is 1.35 bits per heavy atom. The number of ketones is 1. The molecule has 4 heteroatoms. The van der Waals surface area contributed by atoms with Crippen LogP contribution in [0.5, 0.6) is 0 Å². The zero-order valence-corrected chi connectivity index (χ0v) is 10.8. The number of Topliss-reactive ketones (excluding diaryl/α,β-unsaturated/α-hetero) is 1. The lowest BCUT2D eigenvalue weighted by Gasteiger charge is -2.21. The highest BCUT2D eigenvalue weighted by atomic mass is 16.3. The fourth-order valence-electron chi connectivity index (χ4n) is 2.70. The SMILES string of the molecule is O=C1c2cnccc2C(O)C1C(O)C1=CC=CCC=C1. The molecule has 0 spiro atoms. The Hall–Kier alpha value is -2.04. The Bertz CT molecular complexity index is 630. The van der Waals surface area contributed by atoms with E-state index in [-0.39, 0.29) is 5.78 Å². The highest BCUT2D eigenvalue weighted by molar-refractivity contribution is 6.03. The van der Waals surface area contributed by atoms with Gasteiger partial charge in [0.2, 0.25) is 0 Å². The molecule has 0 fully saturated rings. The number of aromatic nitrogens is 1. The number of aliphatic hydroxyl groups excluding tert-OH is 2. The summed E-state index contributed by atoms with van der Waals surface area (Å²) in [5, 5.41) is 20.8. The minimum Gasteiger partial charge on any atom is -0.388 e. The molecule has 0 saturated heterocycles. The lowest BCUT2D eigenvalue weighted by molar-refractivity contribution is 0.0374. The third-order valence-corrected chi connectivity index (χ3v) is 3.77. The highest BCUT2D eigenvalue weighted by Gasteiger charge is 2.43. The molecule has 0 aromatic carbocycles. The zero-order chi connectivity index (χ0) is 14.1. The smallest absolute Gasteiger partial charge is 0.173 e. The predicted molar refractivity (Wildman–Crippen MR) is 74.0 cm³/mol. The fourth-order valence-corrected chi connectivity index (χ4v) is 2.70. The van der Waals surface area contributed by atoms with Crippen LogP contribution in [0, 0.1) is 5.92 Å². The number of nitrogens with zero attached hydrogens (tertiary/aromatic N) is 1. The molecule has 0 aliphatic heterocycles. The minimum atomic E-state index is -1.02. The maximum Gasteiger partial charge on any atom is 0.173 e. The van der Waals surface area contributed by atoms with E-state index in [1.807, 2.05) is 18.2 Å². The summed E-state index contributed by atoms with van der Waals surface area (Å²) in [4.78, 5) is 16.3. The van der Waals surface area contributed by atoms with Gasteiger partial charge in [0, 0.05) is 18.0 Å². The maximum atomic E-state index is 12.3. The number of allylic oxidation sites excluding steroid dienone is 4. The molecule has 0 radical (unpaired) electrons. The van der Waals surface area contributed by atoms with Crippen molar-refractivity contribution >= 4 is 5.78 Å².